The van der Waals surface area contributed by atoms with Crippen LogP contribution in [0.4, 0.5) is 0 Å². The van der Waals surface area contributed by atoms with E-state index in [9.17, 15) is 24.6 Å². The molecule has 0 spiro atoms. The molecule has 3 aliphatic rings. The van der Waals surface area contributed by atoms with E-state index in [1.165, 1.54) is 0 Å². The van der Waals surface area contributed by atoms with Gasteiger partial charge in [0.15, 0.2) is 17.7 Å². The number of allylic oxidation sites excluding steroid dienone is 2. The van der Waals surface area contributed by atoms with Crippen molar-refractivity contribution in [1.82, 2.24) is 0 Å². The number of fused-ring (bicyclic) bond motifs is 1. The van der Waals surface area contributed by atoms with Crippen molar-refractivity contribution in [2.45, 2.75) is 64.8 Å². The first-order valence-corrected chi connectivity index (χ1v) is 9.27. The monoisotopic (exact) mass is 364 g/mol. The highest BCUT2D eigenvalue weighted by atomic mass is 16.6. The second-order valence-electron chi connectivity index (χ2n) is 8.70. The molecule has 0 radical (unpaired) electrons. The van der Waals surface area contributed by atoms with Crippen molar-refractivity contribution in [3.63, 3.8) is 0 Å². The van der Waals surface area contributed by atoms with Gasteiger partial charge in [-0.05, 0) is 50.4 Å². The molecule has 0 amide bonds. The lowest BCUT2D eigenvalue weighted by Gasteiger charge is -2.58. The van der Waals surface area contributed by atoms with Crippen LogP contribution in [0.5, 0.6) is 0 Å². The summed E-state index contributed by atoms with van der Waals surface area (Å²) >= 11 is 0. The van der Waals surface area contributed by atoms with Gasteiger partial charge >= 0.3 is 0 Å². The molecule has 2 aliphatic carbocycles. The Kier molecular flexibility index (Phi) is 4.53. The van der Waals surface area contributed by atoms with Crippen LogP contribution in [0, 0.1) is 22.7 Å². The van der Waals surface area contributed by atoms with Crippen LogP contribution in [0.3, 0.4) is 0 Å². The van der Waals surface area contributed by atoms with Gasteiger partial charge in [-0.2, -0.15) is 0 Å². The Morgan fingerprint density at radius 2 is 2.08 bits per heavy atom. The molecule has 3 rings (SSSR count). The molecule has 1 heterocycles. The van der Waals surface area contributed by atoms with Crippen molar-refractivity contribution in [3.8, 4) is 0 Å². The summed E-state index contributed by atoms with van der Waals surface area (Å²) in [4.78, 5) is 35.8. The maximum Gasteiger partial charge on any atom is 0.231 e. The van der Waals surface area contributed by atoms with E-state index in [1.54, 1.807) is 0 Å². The van der Waals surface area contributed by atoms with Crippen LogP contribution in [0.1, 0.15) is 47.0 Å². The molecule has 2 fully saturated rings. The first-order chi connectivity index (χ1) is 12.1. The molecular formula is C20H28O6. The Labute approximate surface area is 153 Å². The third kappa shape index (κ3) is 2.38. The maximum absolute atomic E-state index is 13.0. The lowest BCUT2D eigenvalue weighted by atomic mass is 9.45. The number of aldehydes is 1. The van der Waals surface area contributed by atoms with Crippen molar-refractivity contribution < 1.29 is 29.3 Å². The van der Waals surface area contributed by atoms with Gasteiger partial charge in [0.05, 0.1) is 18.1 Å². The molecule has 0 bridgehead atoms. The molecular weight excluding hydrogens is 336 g/mol. The molecule has 6 nitrogen and oxygen atoms in total. The van der Waals surface area contributed by atoms with E-state index in [0.29, 0.717) is 0 Å². The number of aliphatic hydroxyl groups excluding tert-OH is 2. The summed E-state index contributed by atoms with van der Waals surface area (Å²) < 4.78 is 5.19. The molecule has 0 aromatic carbocycles. The van der Waals surface area contributed by atoms with Gasteiger partial charge in [-0.25, -0.2) is 0 Å². The van der Waals surface area contributed by atoms with Gasteiger partial charge in [-0.3, -0.25) is 14.4 Å². The van der Waals surface area contributed by atoms with Crippen LogP contribution in [-0.4, -0.2) is 52.5 Å². The van der Waals surface area contributed by atoms with Crippen molar-refractivity contribution in [1.29, 1.82) is 0 Å². The average molecular weight is 364 g/mol. The van der Waals surface area contributed by atoms with Crippen LogP contribution in [-0.2, 0) is 19.1 Å². The van der Waals surface area contributed by atoms with Crippen LogP contribution in [0.25, 0.3) is 0 Å². The zero-order chi connectivity index (χ0) is 19.5. The Morgan fingerprint density at radius 3 is 2.62 bits per heavy atom. The average Bonchev–Trinajstić information content (AvgIpc) is 3.42. The van der Waals surface area contributed by atoms with Crippen LogP contribution >= 0.6 is 0 Å². The first kappa shape index (κ1) is 19.4. The van der Waals surface area contributed by atoms with Gasteiger partial charge in [0, 0.05) is 0 Å². The van der Waals surface area contributed by atoms with Crippen molar-refractivity contribution in [2.75, 3.05) is 6.61 Å². The highest BCUT2D eigenvalue weighted by Gasteiger charge is 2.65. The van der Waals surface area contributed by atoms with Crippen molar-refractivity contribution >= 4 is 17.9 Å². The standard InChI is InChI=1S/C20H28O6/c1-11-6-5-7-13-18(3,12(2)16(24)17(25)19(11,13)4)8-14(22)20(10-26-20)15(23)9-21/h6,9,12-14,16,22,24H,5,7-8,10H2,1-4H3/t12-,13-,14?,16?,18+,19+,20?/m1/s1. The molecule has 3 unspecified atom stereocenters. The highest BCUT2D eigenvalue weighted by molar-refractivity contribution is 6.30. The van der Waals surface area contributed by atoms with Gasteiger partial charge in [0.25, 0.3) is 0 Å². The minimum Gasteiger partial charge on any atom is -0.389 e. The van der Waals surface area contributed by atoms with E-state index < -0.39 is 34.4 Å². The second kappa shape index (κ2) is 6.08. The minimum atomic E-state index is -1.45. The summed E-state index contributed by atoms with van der Waals surface area (Å²) in [7, 11) is 0. The predicted molar refractivity (Wildman–Crippen MR) is 93.3 cm³/mol. The summed E-state index contributed by atoms with van der Waals surface area (Å²) in [5.74, 6) is -1.37. The zero-order valence-corrected chi connectivity index (χ0v) is 15.8. The molecule has 1 saturated carbocycles. The molecule has 0 aromatic rings. The summed E-state index contributed by atoms with van der Waals surface area (Å²) in [6.07, 6.45) is 1.76. The number of aliphatic hydroxyl groups is 2. The molecule has 6 heteroatoms. The lowest BCUT2D eigenvalue weighted by Crippen LogP contribution is -2.62. The van der Waals surface area contributed by atoms with Gasteiger partial charge in [-0.15, -0.1) is 0 Å². The summed E-state index contributed by atoms with van der Waals surface area (Å²) in [5.41, 5.74) is -1.87. The van der Waals surface area contributed by atoms with E-state index >= 15 is 0 Å². The third-order valence-corrected chi connectivity index (χ3v) is 7.66. The third-order valence-electron chi connectivity index (χ3n) is 7.66. The van der Waals surface area contributed by atoms with Gasteiger partial charge < -0.3 is 14.9 Å². The Morgan fingerprint density at radius 1 is 1.46 bits per heavy atom. The predicted octanol–water partition coefficient (Wildman–Crippen LogP) is 1.22. The van der Waals surface area contributed by atoms with Gasteiger partial charge in [-0.1, -0.05) is 25.5 Å². The largest absolute Gasteiger partial charge is 0.389 e. The molecule has 144 valence electrons. The Hall–Kier alpha value is -1.37. The summed E-state index contributed by atoms with van der Waals surface area (Å²) in [6, 6.07) is 0. The van der Waals surface area contributed by atoms with Crippen molar-refractivity contribution in [3.05, 3.63) is 11.6 Å². The van der Waals surface area contributed by atoms with Gasteiger partial charge in [0.1, 0.15) is 6.10 Å². The number of rotatable bonds is 5. The quantitative estimate of drug-likeness (QED) is 0.329. The zero-order valence-electron chi connectivity index (χ0n) is 15.8. The summed E-state index contributed by atoms with van der Waals surface area (Å²) in [5, 5.41) is 21.5. The molecule has 1 aliphatic heterocycles. The van der Waals surface area contributed by atoms with Gasteiger partial charge in [0.2, 0.25) is 5.78 Å². The Balaban J connectivity index is 1.99. The molecule has 2 N–H and O–H groups in total. The highest BCUT2D eigenvalue weighted by Crippen LogP contribution is 2.61. The number of ketones is 2. The molecule has 0 aromatic heterocycles. The van der Waals surface area contributed by atoms with E-state index in [4.69, 9.17) is 4.74 Å². The lowest BCUT2D eigenvalue weighted by molar-refractivity contribution is -0.169. The van der Waals surface area contributed by atoms with E-state index in [0.717, 1.165) is 18.4 Å². The fourth-order valence-corrected chi connectivity index (χ4v) is 5.40. The fourth-order valence-electron chi connectivity index (χ4n) is 5.40. The minimum absolute atomic E-state index is 0.0263. The number of hydrogen-bond donors (Lipinski definition) is 2. The number of carbonyl (C=O) groups excluding carboxylic acids is 3. The fraction of sp³-hybridized carbons (Fsp3) is 0.750. The molecule has 1 saturated heterocycles. The summed E-state index contributed by atoms with van der Waals surface area (Å²) in [6.45, 7) is 7.62. The normalized spacial score (nSPS) is 46.2. The van der Waals surface area contributed by atoms with Crippen LogP contribution in [0.2, 0.25) is 0 Å². The number of carbonyl (C=O) groups is 3. The SMILES string of the molecule is CC1=CCC[C@H]2[C@@]1(C)C(=O)C(O)[C@@H](C)[C@]2(C)CC(O)C1(C(=O)C=O)CO1. The smallest absolute Gasteiger partial charge is 0.231 e. The second-order valence-corrected chi connectivity index (χ2v) is 8.70. The number of hydrogen-bond acceptors (Lipinski definition) is 6. The first-order valence-electron chi connectivity index (χ1n) is 9.27. The number of epoxide rings is 1. The van der Waals surface area contributed by atoms with Crippen LogP contribution < -0.4 is 0 Å². The van der Waals surface area contributed by atoms with Crippen LogP contribution in [0.15, 0.2) is 11.6 Å². The maximum atomic E-state index is 13.0. The topological polar surface area (TPSA) is 104 Å². The Bertz CT molecular complexity index is 678. The van der Waals surface area contributed by atoms with E-state index in [1.807, 2.05) is 27.7 Å². The molecule has 26 heavy (non-hydrogen) atoms. The number of ether oxygens (including phenoxy) is 1. The van der Waals surface area contributed by atoms with E-state index in [2.05, 4.69) is 6.08 Å². The number of Topliss-reactive ketones (excluding diaryl/α,β-unsaturated/α-hetero) is 2. The van der Waals surface area contributed by atoms with Crippen molar-refractivity contribution in [2.24, 2.45) is 22.7 Å². The molecule has 7 atom stereocenters. The van der Waals surface area contributed by atoms with E-state index in [-0.39, 0.29) is 36.9 Å².